The maximum atomic E-state index is 11.5. The van der Waals surface area contributed by atoms with Gasteiger partial charge in [-0.2, -0.15) is 0 Å². The second kappa shape index (κ2) is 4.93. The van der Waals surface area contributed by atoms with Crippen LogP contribution in [0.2, 0.25) is 0 Å². The number of nitrogens with two attached hydrogens (primary N) is 1. The molecule has 0 heterocycles. The van der Waals surface area contributed by atoms with Crippen LogP contribution >= 0.6 is 0 Å². The molecule has 2 aromatic carbocycles. The van der Waals surface area contributed by atoms with Gasteiger partial charge in [0.05, 0.1) is 4.90 Å². The molecule has 0 bridgehead atoms. The number of fused-ring (bicyclic) bond motifs is 1. The predicted molar refractivity (Wildman–Crippen MR) is 73.3 cm³/mol. The molecule has 0 unspecified atom stereocenters. The fourth-order valence-corrected chi connectivity index (χ4v) is 2.66. The van der Waals surface area contributed by atoms with Gasteiger partial charge in [-0.05, 0) is 12.1 Å². The predicted octanol–water partition coefficient (Wildman–Crippen LogP) is 0.728. The van der Waals surface area contributed by atoms with Crippen molar-refractivity contribution in [2.45, 2.75) is 4.90 Å². The average Bonchev–Trinajstić information content (AvgIpc) is 2.26. The number of hydrogen-bond acceptors (Lipinski definition) is 3. The highest BCUT2D eigenvalue weighted by Crippen LogP contribution is 2.29. The molecule has 4 N–H and O–H groups in total. The molecule has 2 rings (SSSR count). The molecular weight excluding hydrogens is 252 g/mol. The highest BCUT2D eigenvalue weighted by atomic mass is 32.2. The normalized spacial score (nSPS) is 11.1. The number of rotatable bonds is 2. The Hall–Kier alpha value is -1.63. The van der Waals surface area contributed by atoms with E-state index >= 15 is 0 Å². The van der Waals surface area contributed by atoms with Crippen LogP contribution in [0.4, 0.5) is 5.69 Å². The van der Waals surface area contributed by atoms with Crippen molar-refractivity contribution in [3.63, 3.8) is 0 Å². The summed E-state index contributed by atoms with van der Waals surface area (Å²) in [6.07, 6.45) is 0. The van der Waals surface area contributed by atoms with Gasteiger partial charge in [0.15, 0.2) is 0 Å². The first-order valence-electron chi connectivity index (χ1n) is 5.13. The number of hydrogen-bond donors (Lipinski definition) is 1. The summed E-state index contributed by atoms with van der Waals surface area (Å²) in [5.41, 5.74) is 0.966. The van der Waals surface area contributed by atoms with Crippen molar-refractivity contribution < 1.29 is 13.9 Å². The zero-order valence-corrected chi connectivity index (χ0v) is 11.0. The third-order valence-electron chi connectivity index (χ3n) is 2.65. The first-order valence-corrected chi connectivity index (χ1v) is 6.68. The maximum Gasteiger partial charge on any atom is 0.238 e. The summed E-state index contributed by atoms with van der Waals surface area (Å²) >= 11 is 0. The van der Waals surface area contributed by atoms with E-state index in [1.807, 2.05) is 37.2 Å². The maximum absolute atomic E-state index is 11.5. The fourth-order valence-electron chi connectivity index (χ4n) is 1.90. The summed E-state index contributed by atoms with van der Waals surface area (Å²) in [6.45, 7) is 0. The Balaban J connectivity index is 0.00000162. The molecule has 18 heavy (non-hydrogen) atoms. The Morgan fingerprint density at radius 2 is 1.56 bits per heavy atom. The highest BCUT2D eigenvalue weighted by molar-refractivity contribution is 7.89. The van der Waals surface area contributed by atoms with Crippen LogP contribution in [0.25, 0.3) is 10.8 Å². The monoisotopic (exact) mass is 268 g/mol. The lowest BCUT2D eigenvalue weighted by Crippen LogP contribution is -2.13. The minimum atomic E-state index is -3.69. The largest absolute Gasteiger partial charge is 0.412 e. The van der Waals surface area contributed by atoms with Crippen molar-refractivity contribution in [1.29, 1.82) is 0 Å². The van der Waals surface area contributed by atoms with Crippen LogP contribution in [-0.2, 0) is 10.0 Å². The Bertz CT molecular complexity index is 666. The Kier molecular flexibility index (Phi) is 3.95. The number of anilines is 1. The third kappa shape index (κ3) is 2.45. The number of primary sulfonamides is 1. The van der Waals surface area contributed by atoms with Crippen LogP contribution in [0.3, 0.4) is 0 Å². The molecule has 6 heteroatoms. The van der Waals surface area contributed by atoms with Gasteiger partial charge in [-0.1, -0.05) is 24.3 Å². The van der Waals surface area contributed by atoms with Gasteiger partial charge in [0.1, 0.15) is 0 Å². The molecule has 0 amide bonds. The van der Waals surface area contributed by atoms with Crippen LogP contribution in [-0.4, -0.2) is 28.0 Å². The Labute approximate surface area is 106 Å². The van der Waals surface area contributed by atoms with E-state index in [4.69, 9.17) is 5.14 Å². The zero-order chi connectivity index (χ0) is 12.6. The Morgan fingerprint density at radius 1 is 1.00 bits per heavy atom. The fraction of sp³-hybridized carbons (Fsp3) is 0.167. The van der Waals surface area contributed by atoms with Gasteiger partial charge < -0.3 is 10.4 Å². The van der Waals surface area contributed by atoms with E-state index in [0.29, 0.717) is 5.39 Å². The van der Waals surface area contributed by atoms with Gasteiger partial charge in [0.2, 0.25) is 10.0 Å². The molecule has 0 aliphatic heterocycles. The van der Waals surface area contributed by atoms with Crippen molar-refractivity contribution in [3.05, 3.63) is 36.4 Å². The van der Waals surface area contributed by atoms with E-state index in [1.54, 1.807) is 12.1 Å². The molecule has 0 spiro atoms. The van der Waals surface area contributed by atoms with Crippen LogP contribution in [0, 0.1) is 0 Å². The molecule has 0 saturated heterocycles. The zero-order valence-electron chi connectivity index (χ0n) is 10.2. The topological polar surface area (TPSA) is 94.9 Å². The van der Waals surface area contributed by atoms with E-state index in [-0.39, 0.29) is 10.4 Å². The van der Waals surface area contributed by atoms with Gasteiger partial charge >= 0.3 is 0 Å². The van der Waals surface area contributed by atoms with Gasteiger partial charge in [-0.15, -0.1) is 0 Å². The minimum absolute atomic E-state index is 0. The lowest BCUT2D eigenvalue weighted by atomic mass is 10.1. The molecule has 0 aliphatic rings. The standard InChI is InChI=1S/C12H14N2O2S.H2O/c1-14(2)11-7-3-6-10-9(11)5-4-8-12(10)17(13,15)16;/h3-8H,1-2H3,(H2,13,15,16);1H2. The lowest BCUT2D eigenvalue weighted by Gasteiger charge is -2.16. The molecule has 0 radical (unpaired) electrons. The highest BCUT2D eigenvalue weighted by Gasteiger charge is 2.13. The second-order valence-corrected chi connectivity index (χ2v) is 5.60. The van der Waals surface area contributed by atoms with E-state index < -0.39 is 10.0 Å². The van der Waals surface area contributed by atoms with Crippen LogP contribution in [0.15, 0.2) is 41.3 Å². The molecular formula is C12H16N2O3S. The van der Waals surface area contributed by atoms with Crippen molar-refractivity contribution in [2.24, 2.45) is 5.14 Å². The summed E-state index contributed by atoms with van der Waals surface area (Å²) < 4.78 is 23.0. The van der Waals surface area contributed by atoms with Crippen molar-refractivity contribution in [1.82, 2.24) is 0 Å². The summed E-state index contributed by atoms with van der Waals surface area (Å²) in [5.74, 6) is 0. The number of benzene rings is 2. The molecule has 0 fully saturated rings. The van der Waals surface area contributed by atoms with Gasteiger partial charge in [-0.25, -0.2) is 13.6 Å². The third-order valence-corrected chi connectivity index (χ3v) is 3.62. The van der Waals surface area contributed by atoms with E-state index in [2.05, 4.69) is 0 Å². The number of sulfonamides is 1. The number of nitrogens with zero attached hydrogens (tertiary/aromatic N) is 1. The molecule has 0 aromatic heterocycles. The molecule has 5 nitrogen and oxygen atoms in total. The van der Waals surface area contributed by atoms with E-state index in [9.17, 15) is 8.42 Å². The second-order valence-electron chi connectivity index (χ2n) is 4.07. The summed E-state index contributed by atoms with van der Waals surface area (Å²) in [5, 5.41) is 6.74. The molecule has 2 aromatic rings. The Morgan fingerprint density at radius 3 is 2.11 bits per heavy atom. The molecule has 98 valence electrons. The van der Waals surface area contributed by atoms with Crippen molar-refractivity contribution in [3.8, 4) is 0 Å². The van der Waals surface area contributed by atoms with Crippen LogP contribution in [0.5, 0.6) is 0 Å². The van der Waals surface area contributed by atoms with Crippen LogP contribution < -0.4 is 10.0 Å². The smallest absolute Gasteiger partial charge is 0.238 e. The summed E-state index contributed by atoms with van der Waals surface area (Å²) in [7, 11) is 0.140. The van der Waals surface area contributed by atoms with E-state index in [1.165, 1.54) is 6.07 Å². The van der Waals surface area contributed by atoms with Crippen molar-refractivity contribution >= 4 is 26.5 Å². The van der Waals surface area contributed by atoms with Gasteiger partial charge in [0.25, 0.3) is 0 Å². The average molecular weight is 268 g/mol. The molecule has 0 saturated carbocycles. The SMILES string of the molecule is CN(C)c1cccc2c(S(N)(=O)=O)cccc12.O. The first-order chi connectivity index (χ1) is 7.91. The first kappa shape index (κ1) is 14.4. The molecule has 0 atom stereocenters. The van der Waals surface area contributed by atoms with Gasteiger partial charge in [0, 0.05) is 30.6 Å². The summed E-state index contributed by atoms with van der Waals surface area (Å²) in [4.78, 5) is 2.11. The van der Waals surface area contributed by atoms with Crippen molar-refractivity contribution in [2.75, 3.05) is 19.0 Å². The van der Waals surface area contributed by atoms with E-state index in [0.717, 1.165) is 11.1 Å². The lowest BCUT2D eigenvalue weighted by molar-refractivity contribution is 0.598. The minimum Gasteiger partial charge on any atom is -0.412 e. The quantitative estimate of drug-likeness (QED) is 0.869. The van der Waals surface area contributed by atoms with Gasteiger partial charge in [-0.3, -0.25) is 0 Å². The van der Waals surface area contributed by atoms with Crippen LogP contribution in [0.1, 0.15) is 0 Å². The summed E-state index contributed by atoms with van der Waals surface area (Å²) in [6, 6.07) is 10.6. The molecule has 0 aliphatic carbocycles.